The molecular weight excluding hydrogens is 262 g/mol. The van der Waals surface area contributed by atoms with Gasteiger partial charge in [-0.05, 0) is 33.8 Å². The van der Waals surface area contributed by atoms with Crippen molar-refractivity contribution in [3.63, 3.8) is 0 Å². The van der Waals surface area contributed by atoms with Gasteiger partial charge in [-0.3, -0.25) is 4.79 Å². The van der Waals surface area contributed by atoms with Crippen LogP contribution in [0, 0.1) is 5.95 Å². The summed E-state index contributed by atoms with van der Waals surface area (Å²) in [6.07, 6.45) is 0. The van der Waals surface area contributed by atoms with Crippen LogP contribution in [0.4, 0.5) is 4.39 Å². The highest BCUT2D eigenvalue weighted by Crippen LogP contribution is 2.36. The van der Waals surface area contributed by atoms with Crippen LogP contribution in [0.5, 0.6) is 0 Å². The zero-order valence-electron chi connectivity index (χ0n) is 12.3. The van der Waals surface area contributed by atoms with Gasteiger partial charge in [0.1, 0.15) is 0 Å². The van der Waals surface area contributed by atoms with E-state index in [4.69, 9.17) is 9.31 Å². The predicted octanol–water partition coefficient (Wildman–Crippen LogP) is 0.879. The van der Waals surface area contributed by atoms with Gasteiger partial charge in [0.25, 0.3) is 5.91 Å². The molecule has 0 bridgehead atoms. The zero-order chi connectivity index (χ0) is 15.1. The van der Waals surface area contributed by atoms with E-state index in [0.717, 1.165) is 6.07 Å². The second-order valence-electron chi connectivity index (χ2n) is 5.77. The molecule has 1 N–H and O–H groups in total. The number of hydrogen-bond acceptors (Lipinski definition) is 4. The number of amides is 1. The molecule has 0 aliphatic carbocycles. The summed E-state index contributed by atoms with van der Waals surface area (Å²) >= 11 is 0. The molecule has 2 rings (SSSR count). The standard InChI is InChI=1S/C13H18BFN2O3/c1-12(2)13(3,4)20-14(19-12)9-6-8(11(18)16-5)7-10(15)17-9/h6-7H,1-5H3,(H,16,18). The number of carbonyl (C=O) groups is 1. The summed E-state index contributed by atoms with van der Waals surface area (Å²) in [4.78, 5) is 15.4. The lowest BCUT2D eigenvalue weighted by molar-refractivity contribution is 0.00578. The molecule has 0 radical (unpaired) electrons. The lowest BCUT2D eigenvalue weighted by Gasteiger charge is -2.32. The van der Waals surface area contributed by atoms with Crippen molar-refractivity contribution in [2.75, 3.05) is 7.05 Å². The van der Waals surface area contributed by atoms with Crippen LogP contribution in [0.1, 0.15) is 38.1 Å². The number of hydrogen-bond donors (Lipinski definition) is 1. The van der Waals surface area contributed by atoms with E-state index in [0.29, 0.717) is 0 Å². The van der Waals surface area contributed by atoms with Crippen molar-refractivity contribution in [1.82, 2.24) is 10.3 Å². The Morgan fingerprint density at radius 2 is 1.80 bits per heavy atom. The van der Waals surface area contributed by atoms with Crippen LogP contribution in [-0.2, 0) is 9.31 Å². The van der Waals surface area contributed by atoms with Gasteiger partial charge in [0, 0.05) is 18.7 Å². The van der Waals surface area contributed by atoms with E-state index < -0.39 is 24.3 Å². The number of aromatic nitrogens is 1. The Kier molecular flexibility index (Phi) is 3.60. The van der Waals surface area contributed by atoms with E-state index in [-0.39, 0.29) is 17.1 Å². The van der Waals surface area contributed by atoms with Crippen molar-refractivity contribution < 1.29 is 18.5 Å². The molecule has 7 heteroatoms. The Morgan fingerprint density at radius 1 is 1.25 bits per heavy atom. The first-order valence-electron chi connectivity index (χ1n) is 6.41. The van der Waals surface area contributed by atoms with E-state index in [9.17, 15) is 9.18 Å². The summed E-state index contributed by atoms with van der Waals surface area (Å²) < 4.78 is 25.1. The third-order valence-electron chi connectivity index (χ3n) is 3.80. The molecule has 1 aliphatic heterocycles. The average molecular weight is 280 g/mol. The molecule has 0 aromatic carbocycles. The maximum Gasteiger partial charge on any atom is 0.514 e. The van der Waals surface area contributed by atoms with Crippen LogP contribution >= 0.6 is 0 Å². The minimum atomic E-state index is -0.792. The lowest BCUT2D eigenvalue weighted by atomic mass is 9.83. The molecule has 2 heterocycles. The quantitative estimate of drug-likeness (QED) is 0.645. The zero-order valence-corrected chi connectivity index (χ0v) is 12.3. The predicted molar refractivity (Wildman–Crippen MR) is 73.3 cm³/mol. The van der Waals surface area contributed by atoms with Gasteiger partial charge in [-0.15, -0.1) is 0 Å². The van der Waals surface area contributed by atoms with Crippen molar-refractivity contribution in [2.45, 2.75) is 38.9 Å². The number of pyridine rings is 1. The van der Waals surface area contributed by atoms with Crippen molar-refractivity contribution >= 4 is 18.6 Å². The molecule has 1 saturated heterocycles. The van der Waals surface area contributed by atoms with Crippen LogP contribution < -0.4 is 10.9 Å². The summed E-state index contributed by atoms with van der Waals surface area (Å²) in [5.74, 6) is -1.13. The molecule has 1 aliphatic rings. The molecule has 0 atom stereocenters. The molecule has 1 amide bonds. The SMILES string of the molecule is CNC(=O)c1cc(F)nc(B2OC(C)(C)C(C)(C)O2)c1. The van der Waals surface area contributed by atoms with Crippen LogP contribution in [0.15, 0.2) is 12.1 Å². The molecule has 0 unspecified atom stereocenters. The fourth-order valence-electron chi connectivity index (χ4n) is 1.88. The Morgan fingerprint density at radius 3 is 2.30 bits per heavy atom. The first-order valence-corrected chi connectivity index (χ1v) is 6.41. The maximum atomic E-state index is 13.6. The average Bonchev–Trinajstić information content (AvgIpc) is 2.57. The van der Waals surface area contributed by atoms with Crippen molar-refractivity contribution in [2.24, 2.45) is 0 Å². The van der Waals surface area contributed by atoms with Gasteiger partial charge in [-0.1, -0.05) is 0 Å². The fourth-order valence-corrected chi connectivity index (χ4v) is 1.88. The molecule has 108 valence electrons. The molecular formula is C13H18BFN2O3. The maximum absolute atomic E-state index is 13.6. The van der Waals surface area contributed by atoms with Crippen LogP contribution in [0.3, 0.4) is 0 Å². The highest BCUT2D eigenvalue weighted by Gasteiger charge is 2.52. The summed E-state index contributed by atoms with van der Waals surface area (Å²) in [5.41, 5.74) is -0.649. The van der Waals surface area contributed by atoms with Crippen molar-refractivity contribution in [3.8, 4) is 0 Å². The summed E-state index contributed by atoms with van der Waals surface area (Å²) in [7, 11) is 0.689. The molecule has 1 aromatic heterocycles. The topological polar surface area (TPSA) is 60.5 Å². The normalized spacial score (nSPS) is 20.0. The summed E-state index contributed by atoms with van der Waals surface area (Å²) in [6.45, 7) is 7.58. The van der Waals surface area contributed by atoms with Crippen molar-refractivity contribution in [3.05, 3.63) is 23.6 Å². The molecule has 0 saturated carbocycles. The van der Waals surface area contributed by atoms with Gasteiger partial charge in [0.2, 0.25) is 5.95 Å². The number of nitrogens with zero attached hydrogens (tertiary/aromatic N) is 1. The highest BCUT2D eigenvalue weighted by molar-refractivity contribution is 6.61. The fraction of sp³-hybridized carbons (Fsp3) is 0.538. The van der Waals surface area contributed by atoms with Crippen LogP contribution in [0.25, 0.3) is 0 Å². The third kappa shape index (κ3) is 2.55. The van der Waals surface area contributed by atoms with Gasteiger partial charge in [-0.2, -0.15) is 4.39 Å². The van der Waals surface area contributed by atoms with Crippen LogP contribution in [-0.4, -0.2) is 36.3 Å². The largest absolute Gasteiger partial charge is 0.514 e. The van der Waals surface area contributed by atoms with E-state index in [1.54, 1.807) is 0 Å². The molecule has 0 spiro atoms. The Labute approximate surface area is 118 Å². The Hall–Kier alpha value is -1.47. The van der Waals surface area contributed by atoms with Gasteiger partial charge in [-0.25, -0.2) is 4.98 Å². The van der Waals surface area contributed by atoms with E-state index >= 15 is 0 Å². The minimum Gasteiger partial charge on any atom is -0.398 e. The van der Waals surface area contributed by atoms with Crippen molar-refractivity contribution in [1.29, 1.82) is 0 Å². The van der Waals surface area contributed by atoms with Gasteiger partial charge < -0.3 is 14.6 Å². The first-order chi connectivity index (χ1) is 9.16. The molecule has 1 aromatic rings. The number of nitrogens with one attached hydrogen (secondary N) is 1. The number of carbonyl (C=O) groups excluding carboxylic acids is 1. The minimum absolute atomic E-state index is 0.185. The van der Waals surface area contributed by atoms with E-state index in [1.807, 2.05) is 27.7 Å². The lowest BCUT2D eigenvalue weighted by Crippen LogP contribution is -2.41. The Bertz CT molecular complexity index is 532. The van der Waals surface area contributed by atoms with Crippen LogP contribution in [0.2, 0.25) is 0 Å². The molecule has 1 fully saturated rings. The monoisotopic (exact) mass is 280 g/mol. The highest BCUT2D eigenvalue weighted by atomic mass is 19.1. The van der Waals surface area contributed by atoms with Gasteiger partial charge >= 0.3 is 7.12 Å². The van der Waals surface area contributed by atoms with Gasteiger partial charge in [0.05, 0.1) is 16.8 Å². The summed E-state index contributed by atoms with van der Waals surface area (Å²) in [6, 6.07) is 2.55. The van der Waals surface area contributed by atoms with E-state index in [2.05, 4.69) is 10.3 Å². The Balaban J connectivity index is 2.35. The second kappa shape index (κ2) is 4.82. The number of halogens is 1. The smallest absolute Gasteiger partial charge is 0.398 e. The third-order valence-corrected chi connectivity index (χ3v) is 3.80. The molecule has 5 nitrogen and oxygen atoms in total. The first kappa shape index (κ1) is 14.9. The number of rotatable bonds is 2. The van der Waals surface area contributed by atoms with E-state index in [1.165, 1.54) is 13.1 Å². The summed E-state index contributed by atoms with van der Waals surface area (Å²) in [5, 5.41) is 2.44. The van der Waals surface area contributed by atoms with Gasteiger partial charge in [0.15, 0.2) is 0 Å². The molecule has 20 heavy (non-hydrogen) atoms. The second-order valence-corrected chi connectivity index (χ2v) is 5.77.